The van der Waals surface area contributed by atoms with E-state index in [2.05, 4.69) is 11.1 Å². The Kier molecular flexibility index (Phi) is 3.53. The topological polar surface area (TPSA) is 62.7 Å². The number of nitriles is 1. The van der Waals surface area contributed by atoms with E-state index >= 15 is 0 Å². The number of hydrogen-bond donors (Lipinski definition) is 1. The number of aromatic nitrogens is 1. The van der Waals surface area contributed by atoms with E-state index < -0.39 is 0 Å². The fraction of sp³-hybridized carbons (Fsp3) is 0. The van der Waals surface area contributed by atoms with Crippen molar-refractivity contribution in [3.05, 3.63) is 47.0 Å². The zero-order valence-electron chi connectivity index (χ0n) is 10.1. The molecule has 2 N–H and O–H groups in total. The van der Waals surface area contributed by atoms with Crippen molar-refractivity contribution in [2.45, 2.75) is 9.24 Å². The normalized spacial score (nSPS) is 10.6. The van der Waals surface area contributed by atoms with Crippen LogP contribution in [-0.4, -0.2) is 4.98 Å². The van der Waals surface area contributed by atoms with Gasteiger partial charge in [0.15, 0.2) is 4.34 Å². The van der Waals surface area contributed by atoms with Crippen LogP contribution < -0.4 is 5.73 Å². The van der Waals surface area contributed by atoms with E-state index in [4.69, 9.17) is 22.6 Å². The van der Waals surface area contributed by atoms with Gasteiger partial charge in [0.25, 0.3) is 0 Å². The minimum Gasteiger partial charge on any atom is -0.399 e. The highest BCUT2D eigenvalue weighted by atomic mass is 35.5. The van der Waals surface area contributed by atoms with E-state index in [-0.39, 0.29) is 0 Å². The van der Waals surface area contributed by atoms with Gasteiger partial charge >= 0.3 is 0 Å². The van der Waals surface area contributed by atoms with Gasteiger partial charge in [0.1, 0.15) is 0 Å². The summed E-state index contributed by atoms with van der Waals surface area (Å²) in [6.07, 6.45) is 0. The Morgan fingerprint density at radius 1 is 1.25 bits per heavy atom. The first-order chi connectivity index (χ1) is 9.65. The second-order valence-electron chi connectivity index (χ2n) is 4.07. The highest BCUT2D eigenvalue weighted by molar-refractivity contribution is 8.01. The third-order valence-corrected chi connectivity index (χ3v) is 5.23. The Hall–Kier alpha value is -1.74. The molecule has 1 aromatic heterocycles. The number of nitrogens with two attached hydrogens (primary N) is 1. The summed E-state index contributed by atoms with van der Waals surface area (Å²) < 4.78 is 1.89. The third-order valence-electron chi connectivity index (χ3n) is 2.65. The molecule has 3 aromatic rings. The molecule has 0 unspecified atom stereocenters. The molecule has 0 atom stereocenters. The van der Waals surface area contributed by atoms with Gasteiger partial charge in [-0.05, 0) is 36.4 Å². The molecule has 0 saturated carbocycles. The van der Waals surface area contributed by atoms with Crippen molar-refractivity contribution in [2.24, 2.45) is 0 Å². The molecule has 0 radical (unpaired) electrons. The van der Waals surface area contributed by atoms with Crippen LogP contribution in [0.15, 0.2) is 45.6 Å². The van der Waals surface area contributed by atoms with Gasteiger partial charge in [-0.3, -0.25) is 0 Å². The van der Waals surface area contributed by atoms with Gasteiger partial charge in [-0.15, -0.1) is 11.3 Å². The van der Waals surface area contributed by atoms with Crippen LogP contribution in [0.25, 0.3) is 10.2 Å². The zero-order valence-corrected chi connectivity index (χ0v) is 12.5. The maximum atomic E-state index is 8.90. The van der Waals surface area contributed by atoms with Gasteiger partial charge in [0, 0.05) is 10.6 Å². The average molecular weight is 318 g/mol. The maximum Gasteiger partial charge on any atom is 0.155 e. The van der Waals surface area contributed by atoms with Crippen LogP contribution in [-0.2, 0) is 0 Å². The van der Waals surface area contributed by atoms with Crippen molar-refractivity contribution >= 4 is 50.6 Å². The molecule has 0 aliphatic carbocycles. The molecular weight excluding hydrogens is 310 g/mol. The van der Waals surface area contributed by atoms with Crippen molar-refractivity contribution in [3.63, 3.8) is 0 Å². The molecule has 0 bridgehead atoms. The second kappa shape index (κ2) is 5.33. The largest absolute Gasteiger partial charge is 0.399 e. The summed E-state index contributed by atoms with van der Waals surface area (Å²) in [6, 6.07) is 13.0. The molecule has 6 heteroatoms. The lowest BCUT2D eigenvalue weighted by atomic mass is 10.2. The monoisotopic (exact) mass is 317 g/mol. The molecule has 3 rings (SSSR count). The predicted octanol–water partition coefficient (Wildman–Crippen LogP) is 4.55. The SMILES string of the molecule is N#Cc1ccc2nc(Sc3ccc(N)cc3Cl)sc2c1. The van der Waals surface area contributed by atoms with Gasteiger partial charge in [0.05, 0.1) is 26.9 Å². The van der Waals surface area contributed by atoms with E-state index in [0.717, 1.165) is 19.5 Å². The van der Waals surface area contributed by atoms with Crippen LogP contribution in [0.1, 0.15) is 5.56 Å². The minimum absolute atomic E-state index is 0.618. The van der Waals surface area contributed by atoms with Crippen LogP contribution in [0.5, 0.6) is 0 Å². The van der Waals surface area contributed by atoms with E-state index in [9.17, 15) is 0 Å². The summed E-state index contributed by atoms with van der Waals surface area (Å²) >= 11 is 9.20. The summed E-state index contributed by atoms with van der Waals surface area (Å²) in [6.45, 7) is 0. The number of nitrogen functional groups attached to an aromatic ring is 1. The zero-order chi connectivity index (χ0) is 14.1. The van der Waals surface area contributed by atoms with Gasteiger partial charge in [-0.1, -0.05) is 23.4 Å². The highest BCUT2D eigenvalue weighted by Gasteiger charge is 2.09. The molecule has 0 aliphatic heterocycles. The Balaban J connectivity index is 1.96. The molecule has 0 amide bonds. The predicted molar refractivity (Wildman–Crippen MR) is 84.3 cm³/mol. The van der Waals surface area contributed by atoms with E-state index in [1.807, 2.05) is 24.3 Å². The number of anilines is 1. The Labute approximate surface area is 129 Å². The average Bonchev–Trinajstić information content (AvgIpc) is 2.83. The van der Waals surface area contributed by atoms with Crippen molar-refractivity contribution < 1.29 is 0 Å². The first-order valence-electron chi connectivity index (χ1n) is 5.69. The van der Waals surface area contributed by atoms with Crippen LogP contribution in [0.4, 0.5) is 5.69 Å². The first-order valence-corrected chi connectivity index (χ1v) is 7.70. The van der Waals surface area contributed by atoms with Crippen LogP contribution in [0, 0.1) is 11.3 Å². The Morgan fingerprint density at radius 2 is 2.10 bits per heavy atom. The fourth-order valence-corrected chi connectivity index (χ4v) is 4.08. The number of halogens is 1. The van der Waals surface area contributed by atoms with E-state index in [1.54, 1.807) is 23.5 Å². The van der Waals surface area contributed by atoms with Gasteiger partial charge < -0.3 is 5.73 Å². The van der Waals surface area contributed by atoms with Gasteiger partial charge in [0.2, 0.25) is 0 Å². The Bertz CT molecular complexity index is 836. The summed E-state index contributed by atoms with van der Waals surface area (Å²) in [4.78, 5) is 5.45. The quantitative estimate of drug-likeness (QED) is 0.704. The summed E-state index contributed by atoms with van der Waals surface area (Å²) in [7, 11) is 0. The van der Waals surface area contributed by atoms with Gasteiger partial charge in [-0.25, -0.2) is 4.98 Å². The van der Waals surface area contributed by atoms with Crippen LogP contribution in [0.3, 0.4) is 0 Å². The van der Waals surface area contributed by atoms with Crippen LogP contribution >= 0.6 is 34.7 Å². The number of hydrogen-bond acceptors (Lipinski definition) is 5. The maximum absolute atomic E-state index is 8.90. The molecule has 20 heavy (non-hydrogen) atoms. The molecule has 3 nitrogen and oxygen atoms in total. The van der Waals surface area contributed by atoms with Crippen molar-refractivity contribution in [1.82, 2.24) is 4.98 Å². The lowest BCUT2D eigenvalue weighted by Crippen LogP contribution is -1.84. The van der Waals surface area contributed by atoms with Crippen molar-refractivity contribution in [1.29, 1.82) is 5.26 Å². The molecule has 0 spiro atoms. The molecule has 0 aliphatic rings. The van der Waals surface area contributed by atoms with Gasteiger partial charge in [-0.2, -0.15) is 5.26 Å². The second-order valence-corrected chi connectivity index (χ2v) is 6.79. The lowest BCUT2D eigenvalue weighted by molar-refractivity contribution is 1.29. The summed E-state index contributed by atoms with van der Waals surface area (Å²) in [5, 5.41) is 9.52. The fourth-order valence-electron chi connectivity index (χ4n) is 1.71. The smallest absolute Gasteiger partial charge is 0.155 e. The molecule has 1 heterocycles. The Morgan fingerprint density at radius 3 is 2.85 bits per heavy atom. The first kappa shape index (κ1) is 13.3. The van der Waals surface area contributed by atoms with E-state index in [1.165, 1.54) is 11.8 Å². The summed E-state index contributed by atoms with van der Waals surface area (Å²) in [5.41, 5.74) is 7.85. The highest BCUT2D eigenvalue weighted by Crippen LogP contribution is 2.38. The molecule has 98 valence electrons. The molecular formula is C14H8ClN3S2. The number of rotatable bonds is 2. The number of nitrogens with zero attached hydrogens (tertiary/aromatic N) is 2. The number of benzene rings is 2. The third kappa shape index (κ3) is 2.59. The van der Waals surface area contributed by atoms with Crippen molar-refractivity contribution in [3.8, 4) is 6.07 Å². The molecule has 0 saturated heterocycles. The van der Waals surface area contributed by atoms with Crippen molar-refractivity contribution in [2.75, 3.05) is 5.73 Å². The molecule has 2 aromatic carbocycles. The van der Waals surface area contributed by atoms with Crippen LogP contribution in [0.2, 0.25) is 5.02 Å². The lowest BCUT2D eigenvalue weighted by Gasteiger charge is -2.01. The minimum atomic E-state index is 0.618. The number of fused-ring (bicyclic) bond motifs is 1. The summed E-state index contributed by atoms with van der Waals surface area (Å²) in [5.74, 6) is 0. The number of thiazole rings is 1. The van der Waals surface area contributed by atoms with E-state index in [0.29, 0.717) is 16.3 Å². The standard InChI is InChI=1S/C14H8ClN3S2/c15-10-6-9(17)2-4-12(10)19-14-18-11-3-1-8(7-16)5-13(11)20-14/h1-6H,17H2. The molecule has 0 fully saturated rings.